The van der Waals surface area contributed by atoms with Gasteiger partial charge in [0.2, 0.25) is 10.0 Å². The first-order chi connectivity index (χ1) is 14.0. The van der Waals surface area contributed by atoms with E-state index in [2.05, 4.69) is 23.3 Å². The van der Waals surface area contributed by atoms with Crippen LogP contribution in [0.3, 0.4) is 0 Å². The minimum Gasteiger partial charge on any atom is -0.313 e. The predicted octanol–water partition coefficient (Wildman–Crippen LogP) is 3.21. The van der Waals surface area contributed by atoms with Gasteiger partial charge in [-0.2, -0.15) is 13.2 Å². The monoisotopic (exact) mass is 445 g/mol. The van der Waals surface area contributed by atoms with E-state index < -0.39 is 34.4 Å². The van der Waals surface area contributed by atoms with Crippen LogP contribution in [0.25, 0.3) is 0 Å². The molecule has 0 radical (unpaired) electrons. The number of sulfonamides is 1. The molecule has 0 saturated carbocycles. The van der Waals surface area contributed by atoms with Gasteiger partial charge in [-0.15, -0.1) is 0 Å². The summed E-state index contributed by atoms with van der Waals surface area (Å²) >= 11 is 0. The van der Waals surface area contributed by atoms with Crippen LogP contribution in [0.1, 0.15) is 41.5 Å². The lowest BCUT2D eigenvalue weighted by Gasteiger charge is -2.17. The Kier molecular flexibility index (Phi) is 6.76. The first kappa shape index (κ1) is 22.6. The maximum absolute atomic E-state index is 12.4. The summed E-state index contributed by atoms with van der Waals surface area (Å²) in [5, 5.41) is 5.24. The first-order valence-corrected chi connectivity index (χ1v) is 11.6. The van der Waals surface area contributed by atoms with Crippen molar-refractivity contribution >= 4 is 21.7 Å². The lowest BCUT2D eigenvalue weighted by atomic mass is 9.99. The molecule has 1 aromatic carbocycles. The molecule has 2 amide bonds. The third-order valence-corrected chi connectivity index (χ3v) is 6.60. The summed E-state index contributed by atoms with van der Waals surface area (Å²) < 4.78 is 62.9. The molecule has 3 rings (SSSR count). The molecule has 0 aliphatic heterocycles. The number of nitrogens with one attached hydrogen (secondary N) is 3. The molecule has 0 spiro atoms. The summed E-state index contributed by atoms with van der Waals surface area (Å²) in [6.07, 6.45) is 0.340. The molecule has 0 saturated heterocycles. The Morgan fingerprint density at radius 3 is 2.23 bits per heavy atom. The number of amides is 2. The van der Waals surface area contributed by atoms with E-state index in [-0.39, 0.29) is 18.7 Å². The average molecular weight is 446 g/mol. The van der Waals surface area contributed by atoms with Gasteiger partial charge in [0.25, 0.3) is 0 Å². The second kappa shape index (κ2) is 8.97. The van der Waals surface area contributed by atoms with Crippen molar-refractivity contribution in [3.63, 3.8) is 0 Å². The molecule has 0 aromatic heterocycles. The molecule has 2 aliphatic rings. The second-order valence-corrected chi connectivity index (χ2v) is 9.56. The second-order valence-electron chi connectivity index (χ2n) is 7.84. The Hall–Kier alpha value is -2.07. The molecule has 0 unspecified atom stereocenters. The van der Waals surface area contributed by atoms with Gasteiger partial charge in [-0.1, -0.05) is 12.6 Å². The van der Waals surface area contributed by atoms with Crippen molar-refractivity contribution in [1.29, 1.82) is 0 Å². The van der Waals surface area contributed by atoms with Crippen molar-refractivity contribution in [2.24, 2.45) is 0 Å². The van der Waals surface area contributed by atoms with E-state index in [0.717, 1.165) is 55.3 Å². The zero-order valence-corrected chi connectivity index (χ0v) is 17.4. The van der Waals surface area contributed by atoms with Crippen LogP contribution in [-0.4, -0.2) is 39.5 Å². The normalized spacial score (nSPS) is 15.6. The van der Waals surface area contributed by atoms with Crippen molar-refractivity contribution in [1.82, 2.24) is 10.0 Å². The molecule has 0 atom stereocenters. The largest absolute Gasteiger partial charge is 0.390 e. The lowest BCUT2D eigenvalue weighted by molar-refractivity contribution is -0.133. The quantitative estimate of drug-likeness (QED) is 0.424. The maximum atomic E-state index is 12.4. The van der Waals surface area contributed by atoms with Crippen LogP contribution in [0, 0.1) is 0 Å². The number of fused-ring (bicyclic) bond motifs is 2. The van der Waals surface area contributed by atoms with Crippen molar-refractivity contribution in [3.05, 3.63) is 40.5 Å². The minimum atomic E-state index is -4.28. The van der Waals surface area contributed by atoms with Crippen LogP contribution in [0.5, 0.6) is 0 Å². The van der Waals surface area contributed by atoms with Gasteiger partial charge >= 0.3 is 12.2 Å². The summed E-state index contributed by atoms with van der Waals surface area (Å²) in [6, 6.07) is 1.38. The predicted molar refractivity (Wildman–Crippen MR) is 109 cm³/mol. The Morgan fingerprint density at radius 2 is 1.67 bits per heavy atom. The van der Waals surface area contributed by atoms with Crippen LogP contribution in [0.2, 0.25) is 0 Å². The Balaban J connectivity index is 1.56. The fourth-order valence-corrected chi connectivity index (χ4v) is 5.14. The molecular weight excluding hydrogens is 419 g/mol. The molecule has 3 N–H and O–H groups in total. The lowest BCUT2D eigenvalue weighted by Crippen LogP contribution is -2.37. The molecule has 6 nitrogen and oxygen atoms in total. The third kappa shape index (κ3) is 5.98. The summed E-state index contributed by atoms with van der Waals surface area (Å²) in [5.41, 5.74) is 5.50. The van der Waals surface area contributed by atoms with Crippen LogP contribution < -0.4 is 15.4 Å². The van der Waals surface area contributed by atoms with Gasteiger partial charge in [0, 0.05) is 18.8 Å². The van der Waals surface area contributed by atoms with E-state index in [0.29, 0.717) is 0 Å². The zero-order valence-electron chi connectivity index (χ0n) is 16.6. The van der Waals surface area contributed by atoms with Crippen molar-refractivity contribution in [3.8, 4) is 0 Å². The Morgan fingerprint density at radius 1 is 1.07 bits per heavy atom. The van der Waals surface area contributed by atoms with Crippen molar-refractivity contribution < 1.29 is 26.4 Å². The first-order valence-electron chi connectivity index (χ1n) is 9.96. The SMILES string of the molecule is C=C(CNCCC(F)(F)F)CS(=O)(=O)NC(=O)Nc1c2c(cc3c1CCC3)CCC2. The highest BCUT2D eigenvalue weighted by Crippen LogP contribution is 2.38. The number of alkyl halides is 3. The standard InChI is InChI=1S/C20H26F3N3O3S/c1-13(11-24-9-8-20(21,22)23)12-30(28,29)26-19(27)25-18-16-6-2-4-14(16)10-15-5-3-7-17(15)18/h10,24H,1-9,11-12H2,(H2,25,26,27). The van der Waals surface area contributed by atoms with Crippen LogP contribution in [-0.2, 0) is 35.7 Å². The number of rotatable bonds is 8. The highest BCUT2D eigenvalue weighted by Gasteiger charge is 2.27. The van der Waals surface area contributed by atoms with Gasteiger partial charge in [-0.05, 0) is 66.4 Å². The number of carbonyl (C=O) groups is 1. The highest BCUT2D eigenvalue weighted by atomic mass is 32.2. The van der Waals surface area contributed by atoms with Gasteiger partial charge in [-0.25, -0.2) is 17.9 Å². The van der Waals surface area contributed by atoms with E-state index in [1.165, 1.54) is 11.1 Å². The number of hydrogen-bond donors (Lipinski definition) is 3. The van der Waals surface area contributed by atoms with Crippen LogP contribution in [0.15, 0.2) is 18.2 Å². The molecule has 30 heavy (non-hydrogen) atoms. The average Bonchev–Trinajstić information content (AvgIpc) is 3.25. The minimum absolute atomic E-state index is 0.0850. The van der Waals surface area contributed by atoms with Gasteiger partial charge in [0.15, 0.2) is 0 Å². The number of benzene rings is 1. The van der Waals surface area contributed by atoms with Crippen LogP contribution >= 0.6 is 0 Å². The smallest absolute Gasteiger partial charge is 0.313 e. The van der Waals surface area contributed by atoms with Gasteiger partial charge in [-0.3, -0.25) is 0 Å². The summed E-state index contributed by atoms with van der Waals surface area (Å²) in [5.74, 6) is -0.551. The van der Waals surface area contributed by atoms with Gasteiger partial charge in [0.1, 0.15) is 0 Å². The van der Waals surface area contributed by atoms with E-state index in [1.807, 2.05) is 4.72 Å². The fraction of sp³-hybridized carbons (Fsp3) is 0.550. The number of hydrogen-bond acceptors (Lipinski definition) is 4. The van der Waals surface area contributed by atoms with Crippen molar-refractivity contribution in [2.45, 2.75) is 51.1 Å². The summed E-state index contributed by atoms with van der Waals surface area (Å²) in [7, 11) is -4.02. The molecule has 0 fully saturated rings. The highest BCUT2D eigenvalue weighted by molar-refractivity contribution is 7.90. The zero-order chi connectivity index (χ0) is 21.9. The van der Waals surface area contributed by atoms with E-state index in [9.17, 15) is 26.4 Å². The molecule has 10 heteroatoms. The van der Waals surface area contributed by atoms with E-state index in [4.69, 9.17) is 0 Å². The van der Waals surface area contributed by atoms with E-state index in [1.54, 1.807) is 0 Å². The molecule has 1 aromatic rings. The molecule has 0 heterocycles. The summed E-state index contributed by atoms with van der Waals surface area (Å²) in [6.45, 7) is 3.15. The van der Waals surface area contributed by atoms with E-state index >= 15 is 0 Å². The Bertz CT molecular complexity index is 911. The molecule has 0 bridgehead atoms. The van der Waals surface area contributed by atoms with Gasteiger partial charge < -0.3 is 10.6 Å². The number of halogens is 3. The summed E-state index contributed by atoms with van der Waals surface area (Å²) in [4.78, 5) is 12.4. The number of urea groups is 1. The number of anilines is 1. The molecule has 166 valence electrons. The number of carbonyl (C=O) groups excluding carboxylic acids is 1. The molecule has 2 aliphatic carbocycles. The van der Waals surface area contributed by atoms with Crippen molar-refractivity contribution in [2.75, 3.05) is 24.2 Å². The molecular formula is C20H26F3N3O3S. The fourth-order valence-electron chi connectivity index (χ4n) is 4.10. The Labute approximate surface area is 174 Å². The maximum Gasteiger partial charge on any atom is 0.390 e. The topological polar surface area (TPSA) is 87.3 Å². The van der Waals surface area contributed by atoms with Gasteiger partial charge in [0.05, 0.1) is 12.2 Å². The third-order valence-electron chi connectivity index (χ3n) is 5.31. The van der Waals surface area contributed by atoms with Crippen LogP contribution in [0.4, 0.5) is 23.7 Å². The number of aryl methyl sites for hydroxylation is 2.